The third-order valence-electron chi connectivity index (χ3n) is 7.17. The predicted octanol–water partition coefficient (Wildman–Crippen LogP) is 2.56. The Kier molecular flexibility index (Phi) is 7.60. The molecule has 0 aliphatic carbocycles. The average Bonchev–Trinajstić information content (AvgIpc) is 2.97. The van der Waals surface area contributed by atoms with Crippen molar-refractivity contribution >= 4 is 32.8 Å². The molecular formula is C28H27F2N7O4S. The minimum absolute atomic E-state index is 0.0820. The van der Waals surface area contributed by atoms with Gasteiger partial charge in [0, 0.05) is 37.4 Å². The van der Waals surface area contributed by atoms with Gasteiger partial charge in [-0.25, -0.2) is 36.3 Å². The summed E-state index contributed by atoms with van der Waals surface area (Å²) in [7, 11) is -2.89. The fourth-order valence-corrected chi connectivity index (χ4v) is 6.06. The van der Waals surface area contributed by atoms with Crippen molar-refractivity contribution < 1.29 is 22.0 Å². The molecule has 42 heavy (non-hydrogen) atoms. The van der Waals surface area contributed by atoms with Crippen LogP contribution in [0.25, 0.3) is 28.0 Å². The lowest BCUT2D eigenvalue weighted by molar-refractivity contribution is -0.126. The van der Waals surface area contributed by atoms with Crippen molar-refractivity contribution in [1.82, 2.24) is 29.1 Å². The van der Waals surface area contributed by atoms with E-state index in [1.807, 2.05) is 6.92 Å². The molecule has 1 aliphatic heterocycles. The Morgan fingerprint density at radius 2 is 1.88 bits per heavy atom. The van der Waals surface area contributed by atoms with Gasteiger partial charge in [-0.2, -0.15) is 4.98 Å². The summed E-state index contributed by atoms with van der Waals surface area (Å²) in [6.45, 7) is 7.69. The summed E-state index contributed by atoms with van der Waals surface area (Å²) in [6.07, 6.45) is 2.50. The van der Waals surface area contributed by atoms with E-state index in [-0.39, 0.29) is 76.0 Å². The highest BCUT2D eigenvalue weighted by Crippen LogP contribution is 2.33. The van der Waals surface area contributed by atoms with Crippen molar-refractivity contribution in [2.24, 2.45) is 0 Å². The summed E-state index contributed by atoms with van der Waals surface area (Å²) in [5.41, 5.74) is -1.55. The summed E-state index contributed by atoms with van der Waals surface area (Å²) >= 11 is 0. The number of aryl methyl sites for hydroxylation is 1. The van der Waals surface area contributed by atoms with Crippen LogP contribution in [0, 0.1) is 18.6 Å². The molecule has 5 rings (SSSR count). The second-order valence-corrected chi connectivity index (χ2v) is 11.6. The Hall–Kier alpha value is -4.56. The molecule has 14 heteroatoms. The fourth-order valence-electron chi connectivity index (χ4n) is 5.10. The number of carbonyl (C=O) groups is 1. The molecule has 0 spiro atoms. The van der Waals surface area contributed by atoms with Gasteiger partial charge in [0.25, 0.3) is 0 Å². The summed E-state index contributed by atoms with van der Waals surface area (Å²) in [6, 6.07) is 7.45. The van der Waals surface area contributed by atoms with Crippen LogP contribution in [-0.4, -0.2) is 71.5 Å². The molecule has 1 amide bonds. The maximum Gasteiger partial charge on any atom is 0.355 e. The maximum atomic E-state index is 15.7. The highest BCUT2D eigenvalue weighted by atomic mass is 32.2. The van der Waals surface area contributed by atoms with Gasteiger partial charge in [-0.3, -0.25) is 9.78 Å². The highest BCUT2D eigenvalue weighted by Gasteiger charge is 2.31. The molecule has 0 unspecified atom stereocenters. The van der Waals surface area contributed by atoms with Crippen LogP contribution in [0.1, 0.15) is 12.6 Å². The molecule has 218 valence electrons. The van der Waals surface area contributed by atoms with Crippen molar-refractivity contribution in [1.29, 1.82) is 0 Å². The van der Waals surface area contributed by atoms with Crippen LogP contribution < -0.4 is 15.3 Å². The zero-order valence-corrected chi connectivity index (χ0v) is 23.8. The molecule has 4 aromatic rings. The molecule has 0 radical (unpaired) electrons. The van der Waals surface area contributed by atoms with E-state index >= 15 is 4.39 Å². The Bertz CT molecular complexity index is 1910. The molecule has 1 N–H and O–H groups in total. The molecule has 1 atom stereocenters. The number of rotatable bonds is 6. The molecular weight excluding hydrogens is 568 g/mol. The fraction of sp³-hybridized carbons (Fsp3) is 0.250. The van der Waals surface area contributed by atoms with Gasteiger partial charge in [-0.15, -0.1) is 0 Å². The van der Waals surface area contributed by atoms with Crippen LogP contribution in [0.2, 0.25) is 0 Å². The van der Waals surface area contributed by atoms with Gasteiger partial charge in [-0.1, -0.05) is 18.7 Å². The Morgan fingerprint density at radius 3 is 2.55 bits per heavy atom. The molecule has 1 aromatic carbocycles. The lowest BCUT2D eigenvalue weighted by atomic mass is 10.1. The monoisotopic (exact) mass is 595 g/mol. The smallest absolute Gasteiger partial charge is 0.350 e. The van der Waals surface area contributed by atoms with Crippen LogP contribution in [0.15, 0.2) is 64.9 Å². The average molecular weight is 596 g/mol. The predicted molar refractivity (Wildman–Crippen MR) is 153 cm³/mol. The number of nitrogens with one attached hydrogen (secondary N) is 1. The van der Waals surface area contributed by atoms with E-state index < -0.39 is 27.3 Å². The summed E-state index contributed by atoms with van der Waals surface area (Å²) in [5, 5.41) is 0.0820. The van der Waals surface area contributed by atoms with Crippen LogP contribution in [0.3, 0.4) is 0 Å². The summed E-state index contributed by atoms with van der Waals surface area (Å²) in [4.78, 5) is 42.0. The number of pyridine rings is 2. The third-order valence-corrected chi connectivity index (χ3v) is 8.61. The molecule has 1 fully saturated rings. The van der Waals surface area contributed by atoms with Crippen molar-refractivity contribution in [2.45, 2.75) is 24.8 Å². The molecule has 4 heterocycles. The number of benzene rings is 1. The first kappa shape index (κ1) is 29.0. The molecule has 1 saturated heterocycles. The normalized spacial score (nSPS) is 15.7. The van der Waals surface area contributed by atoms with Crippen molar-refractivity contribution in [3.05, 3.63) is 83.1 Å². The first-order valence-corrected chi connectivity index (χ1v) is 14.4. The molecule has 3 aromatic heterocycles. The number of aromatic nitrogens is 4. The number of hydrogen-bond acceptors (Lipinski definition) is 8. The van der Waals surface area contributed by atoms with Crippen LogP contribution >= 0.6 is 0 Å². The van der Waals surface area contributed by atoms with E-state index in [2.05, 4.69) is 26.3 Å². The number of sulfonamides is 1. The molecule has 11 nitrogen and oxygen atoms in total. The summed E-state index contributed by atoms with van der Waals surface area (Å²) in [5.74, 6) is -1.77. The largest absolute Gasteiger partial charge is 0.355 e. The minimum atomic E-state index is -4.11. The number of nitrogens with zero attached hydrogens (tertiary/aromatic N) is 6. The first-order chi connectivity index (χ1) is 20.0. The zero-order valence-electron chi connectivity index (χ0n) is 23.0. The van der Waals surface area contributed by atoms with Gasteiger partial charge in [0.1, 0.15) is 28.0 Å². The van der Waals surface area contributed by atoms with Crippen molar-refractivity contribution in [3.63, 3.8) is 0 Å². The van der Waals surface area contributed by atoms with E-state index in [4.69, 9.17) is 0 Å². The quantitative estimate of drug-likeness (QED) is 0.337. The van der Waals surface area contributed by atoms with Crippen molar-refractivity contribution in [2.75, 3.05) is 31.6 Å². The topological polar surface area (TPSA) is 130 Å². The second kappa shape index (κ2) is 11.0. The van der Waals surface area contributed by atoms with Gasteiger partial charge in [0.2, 0.25) is 15.9 Å². The van der Waals surface area contributed by atoms with E-state index in [0.717, 1.165) is 16.7 Å². The number of amides is 1. The first-order valence-electron chi connectivity index (χ1n) is 12.9. The number of hydrogen-bond donors (Lipinski definition) is 1. The Morgan fingerprint density at radius 1 is 1.14 bits per heavy atom. The van der Waals surface area contributed by atoms with Crippen LogP contribution in [0.4, 0.5) is 14.6 Å². The minimum Gasteiger partial charge on any atom is -0.350 e. The number of piperazine rings is 1. The Balaban J connectivity index is 1.85. The molecule has 1 aliphatic rings. The van der Waals surface area contributed by atoms with Gasteiger partial charge >= 0.3 is 5.69 Å². The van der Waals surface area contributed by atoms with Gasteiger partial charge < -0.3 is 9.80 Å². The van der Waals surface area contributed by atoms with E-state index in [1.54, 1.807) is 9.80 Å². The van der Waals surface area contributed by atoms with Gasteiger partial charge in [0.05, 0.1) is 16.8 Å². The number of anilines is 1. The van der Waals surface area contributed by atoms with E-state index in [1.165, 1.54) is 50.5 Å². The standard InChI is InChI=1S/C28H27F2N7O4S/c1-5-23(38)35-12-13-36(16(2)15-35)26-19-14-21(30)24(18-8-6-7-9-20(18)29)33-27(19)37(28(39)34-26)25-17(3)32-11-10-22(25)42(40,41)31-4/h5-11,14,16,31H,1,12-13,15H2,2-4H3/t16-/m0/s1. The van der Waals surface area contributed by atoms with Gasteiger partial charge in [0.15, 0.2) is 5.65 Å². The number of fused-ring (bicyclic) bond motifs is 1. The molecule has 0 saturated carbocycles. The second-order valence-electron chi connectivity index (χ2n) is 9.70. The lowest BCUT2D eigenvalue weighted by Crippen LogP contribution is -2.54. The zero-order chi connectivity index (χ0) is 30.3. The van der Waals surface area contributed by atoms with Crippen molar-refractivity contribution in [3.8, 4) is 16.9 Å². The summed E-state index contributed by atoms with van der Waals surface area (Å²) < 4.78 is 59.7. The van der Waals surface area contributed by atoms with Crippen LogP contribution in [0.5, 0.6) is 0 Å². The van der Waals surface area contributed by atoms with E-state index in [0.29, 0.717) is 0 Å². The number of carbonyl (C=O) groups excluding carboxylic acids is 1. The molecule has 0 bridgehead atoms. The maximum absolute atomic E-state index is 15.7. The SMILES string of the molecule is C=CC(=O)N1CCN(c2nc(=O)n(-c3c(S(=O)(=O)NC)ccnc3C)c3nc(-c4ccccc4F)c(F)cc23)[C@@H](C)C1. The number of halogens is 2. The van der Waals surface area contributed by atoms with E-state index in [9.17, 15) is 22.4 Å². The van der Waals surface area contributed by atoms with Gasteiger partial charge in [-0.05, 0) is 51.2 Å². The lowest BCUT2D eigenvalue weighted by Gasteiger charge is -2.40. The van der Waals surface area contributed by atoms with Crippen LogP contribution in [-0.2, 0) is 14.8 Å². The third kappa shape index (κ3) is 4.92. The highest BCUT2D eigenvalue weighted by molar-refractivity contribution is 7.89. The Labute approximate surface area is 240 Å².